The average molecular weight is 133 g/mol. The van der Waals surface area contributed by atoms with Crippen molar-refractivity contribution in [2.45, 2.75) is 0 Å². The minimum atomic E-state index is 0.362. The topological polar surface area (TPSA) is 18.5 Å². The highest BCUT2D eigenvalue weighted by Gasteiger charge is 1.82. The van der Waals surface area contributed by atoms with Crippen LogP contribution in [0.15, 0.2) is 0 Å². The fraction of sp³-hybridized carbons (Fsp3) is 0.800. The van der Waals surface area contributed by atoms with Gasteiger partial charge in [0.05, 0.1) is 19.2 Å². The van der Waals surface area contributed by atoms with E-state index in [1.807, 2.05) is 6.26 Å². The van der Waals surface area contributed by atoms with Gasteiger partial charge in [-0.2, -0.15) is 0 Å². The Labute approximate surface area is 54.5 Å². The van der Waals surface area contributed by atoms with Gasteiger partial charge >= 0.3 is 0 Å². The average Bonchev–Trinajstić information content (AvgIpc) is 1.81. The van der Waals surface area contributed by atoms with Gasteiger partial charge in [0.15, 0.2) is 7.11 Å². The van der Waals surface area contributed by atoms with Crippen LogP contribution in [0.3, 0.4) is 0 Å². The smallest absolute Gasteiger partial charge is 0.173 e. The van der Waals surface area contributed by atoms with Crippen LogP contribution in [0.2, 0.25) is 0 Å². The number of hydrogen-bond donors (Lipinski definition) is 0. The lowest BCUT2D eigenvalue weighted by Gasteiger charge is -1.97. The molecule has 0 aliphatic heterocycles. The summed E-state index contributed by atoms with van der Waals surface area (Å²) in [5.74, 6) is 0.684. The molecular formula is C5H9O2S. The molecule has 0 N–H and O–H groups in total. The Balaban J connectivity index is 2.53. The summed E-state index contributed by atoms with van der Waals surface area (Å²) in [6.07, 6.45) is 1.96. The van der Waals surface area contributed by atoms with Gasteiger partial charge in [-0.15, -0.1) is 11.8 Å². The van der Waals surface area contributed by atoms with Gasteiger partial charge in [0, 0.05) is 0 Å². The van der Waals surface area contributed by atoms with E-state index in [0.29, 0.717) is 19.2 Å². The molecule has 0 saturated carbocycles. The second-order valence-corrected chi connectivity index (χ2v) is 1.98. The fourth-order valence-electron chi connectivity index (χ4n) is 0.243. The van der Waals surface area contributed by atoms with Gasteiger partial charge in [0.25, 0.3) is 0 Å². The van der Waals surface area contributed by atoms with Crippen LogP contribution >= 0.6 is 11.8 Å². The maximum absolute atomic E-state index is 6.25. The first-order valence-corrected chi connectivity index (χ1v) is 3.66. The molecule has 2 nitrogen and oxygen atoms in total. The number of rotatable bonds is 5. The molecule has 0 rings (SSSR count). The lowest BCUT2D eigenvalue weighted by molar-refractivity contribution is 0.112. The zero-order chi connectivity index (χ0) is 6.24. The second-order valence-electron chi connectivity index (χ2n) is 1.16. The Morgan fingerprint density at radius 2 is 2.25 bits per heavy atom. The normalized spacial score (nSPS) is 9.75. The van der Waals surface area contributed by atoms with E-state index in [-0.39, 0.29) is 0 Å². The Hall–Kier alpha value is 0.270. The van der Waals surface area contributed by atoms with Crippen LogP contribution in [0.4, 0.5) is 0 Å². The predicted molar refractivity (Wildman–Crippen MR) is 33.5 cm³/mol. The van der Waals surface area contributed by atoms with Gasteiger partial charge in [-0.25, -0.2) is 0 Å². The third-order valence-electron chi connectivity index (χ3n) is 0.531. The van der Waals surface area contributed by atoms with Gasteiger partial charge < -0.3 is 9.47 Å². The summed E-state index contributed by atoms with van der Waals surface area (Å²) in [4.78, 5) is 0. The summed E-state index contributed by atoms with van der Waals surface area (Å²) in [5, 5.41) is 0. The Kier molecular flexibility index (Phi) is 7.52. The molecular weight excluding hydrogens is 124 g/mol. The molecule has 47 valence electrons. The summed E-state index contributed by atoms with van der Waals surface area (Å²) >= 11 is 1.61. The molecule has 0 saturated heterocycles. The van der Waals surface area contributed by atoms with Gasteiger partial charge in [0.1, 0.15) is 0 Å². The molecule has 0 aromatic rings. The molecule has 0 aliphatic carbocycles. The van der Waals surface area contributed by atoms with E-state index >= 15 is 0 Å². The summed E-state index contributed by atoms with van der Waals surface area (Å²) in [5.41, 5.74) is 0. The van der Waals surface area contributed by atoms with Crippen LogP contribution in [0.5, 0.6) is 0 Å². The Bertz CT molecular complexity index is 35.4. The van der Waals surface area contributed by atoms with E-state index in [0.717, 1.165) is 0 Å². The molecule has 0 aromatic carbocycles. The highest BCUT2D eigenvalue weighted by Crippen LogP contribution is 1.90. The first kappa shape index (κ1) is 8.27. The maximum Gasteiger partial charge on any atom is 0.173 e. The molecule has 0 amide bonds. The molecule has 0 spiro atoms. The standard InChI is InChI=1S/C5H9O2S/c1-6-3-4-7-5-8-2/h3-5H2,2H3. The van der Waals surface area contributed by atoms with E-state index < -0.39 is 0 Å². The monoisotopic (exact) mass is 133 g/mol. The van der Waals surface area contributed by atoms with Crippen LogP contribution in [0.1, 0.15) is 0 Å². The minimum Gasteiger partial charge on any atom is -0.368 e. The van der Waals surface area contributed by atoms with Crippen LogP contribution in [0.25, 0.3) is 0 Å². The van der Waals surface area contributed by atoms with E-state index in [2.05, 4.69) is 4.74 Å². The van der Waals surface area contributed by atoms with E-state index in [1.165, 1.54) is 0 Å². The van der Waals surface area contributed by atoms with E-state index in [9.17, 15) is 0 Å². The first-order valence-electron chi connectivity index (χ1n) is 2.27. The number of hydrogen-bond acceptors (Lipinski definition) is 3. The van der Waals surface area contributed by atoms with E-state index in [1.54, 1.807) is 11.8 Å². The second kappa shape index (κ2) is 7.27. The molecule has 3 heteroatoms. The number of thioether (sulfide) groups is 1. The van der Waals surface area contributed by atoms with Crippen molar-refractivity contribution < 1.29 is 9.47 Å². The number of ether oxygens (including phenoxy) is 2. The molecule has 0 bridgehead atoms. The molecule has 0 aromatic heterocycles. The molecule has 0 atom stereocenters. The third kappa shape index (κ3) is 6.27. The van der Waals surface area contributed by atoms with Crippen LogP contribution in [0, 0.1) is 7.11 Å². The van der Waals surface area contributed by atoms with E-state index in [4.69, 9.17) is 11.8 Å². The van der Waals surface area contributed by atoms with Crippen molar-refractivity contribution in [2.75, 3.05) is 25.4 Å². The maximum atomic E-state index is 6.25. The SMILES string of the molecule is [C]OCCOCSC. The highest BCUT2D eigenvalue weighted by molar-refractivity contribution is 7.98. The quantitative estimate of drug-likeness (QED) is 0.410. The molecule has 8 heavy (non-hydrogen) atoms. The summed E-state index contributed by atoms with van der Waals surface area (Å²) in [6, 6.07) is 0. The molecule has 0 heterocycles. The molecule has 0 fully saturated rings. The Morgan fingerprint density at radius 3 is 2.75 bits per heavy atom. The molecule has 0 unspecified atom stereocenters. The van der Waals surface area contributed by atoms with Crippen molar-refractivity contribution in [3.8, 4) is 0 Å². The lowest BCUT2D eigenvalue weighted by Crippen LogP contribution is -1.99. The highest BCUT2D eigenvalue weighted by atomic mass is 32.2. The van der Waals surface area contributed by atoms with Gasteiger partial charge in [-0.1, -0.05) is 0 Å². The minimum absolute atomic E-state index is 0.362. The van der Waals surface area contributed by atoms with Crippen molar-refractivity contribution >= 4 is 11.8 Å². The Morgan fingerprint density at radius 1 is 1.50 bits per heavy atom. The van der Waals surface area contributed by atoms with Crippen molar-refractivity contribution in [2.24, 2.45) is 0 Å². The van der Waals surface area contributed by atoms with Gasteiger partial charge in [-0.05, 0) is 6.26 Å². The predicted octanol–water partition coefficient (Wildman–Crippen LogP) is 0.886. The van der Waals surface area contributed by atoms with Gasteiger partial charge in [-0.3, -0.25) is 0 Å². The zero-order valence-electron chi connectivity index (χ0n) is 4.85. The van der Waals surface area contributed by atoms with Crippen molar-refractivity contribution in [3.63, 3.8) is 0 Å². The zero-order valence-corrected chi connectivity index (χ0v) is 5.66. The third-order valence-corrected chi connectivity index (χ3v) is 0.933. The summed E-state index contributed by atoms with van der Waals surface area (Å²) < 4.78 is 8.95. The van der Waals surface area contributed by atoms with Crippen LogP contribution in [-0.4, -0.2) is 25.4 Å². The fourth-order valence-corrected chi connectivity index (χ4v) is 0.527. The van der Waals surface area contributed by atoms with Crippen molar-refractivity contribution in [3.05, 3.63) is 7.11 Å². The van der Waals surface area contributed by atoms with Crippen LogP contribution in [-0.2, 0) is 9.47 Å². The largest absolute Gasteiger partial charge is 0.368 e. The lowest BCUT2D eigenvalue weighted by atomic mass is 10.8. The van der Waals surface area contributed by atoms with Gasteiger partial charge in [0.2, 0.25) is 0 Å². The summed E-state index contributed by atoms with van der Waals surface area (Å²) in [7, 11) is 6.25. The molecule has 0 aliphatic rings. The summed E-state index contributed by atoms with van der Waals surface area (Å²) in [6.45, 7) is 0.880. The van der Waals surface area contributed by atoms with Crippen molar-refractivity contribution in [1.82, 2.24) is 0 Å². The van der Waals surface area contributed by atoms with Crippen molar-refractivity contribution in [1.29, 1.82) is 0 Å². The molecule has 3 radical (unpaired) electrons. The first-order chi connectivity index (χ1) is 3.91. The van der Waals surface area contributed by atoms with Crippen LogP contribution < -0.4 is 0 Å².